The number of hydrogen-bond donors (Lipinski definition) is 3. The third kappa shape index (κ3) is 4.34. The van der Waals surface area contributed by atoms with E-state index in [4.69, 9.17) is 0 Å². The fraction of sp³-hybridized carbons (Fsp3) is 0.667. The Morgan fingerprint density at radius 3 is 2.50 bits per heavy atom. The van der Waals surface area contributed by atoms with Gasteiger partial charge in [0.15, 0.2) is 5.16 Å². The fourth-order valence-electron chi connectivity index (χ4n) is 1.48. The Bertz CT molecular complexity index is 373. The molecule has 0 aliphatic rings. The molecule has 3 N–H and O–H groups in total. The standard InChI is InChI=1S/C12H22N4OS/c1-5-13-10-6-11(16-12(15-10)18-4)14-9(7-17)8(2)3/h6,8-9,17H,5,7H2,1-4H3,(H2,13,14,15,16). The number of rotatable bonds is 7. The molecule has 1 aromatic heterocycles. The number of thioether (sulfide) groups is 1. The molecule has 1 rings (SSSR count). The van der Waals surface area contributed by atoms with Crippen molar-refractivity contribution in [2.24, 2.45) is 5.92 Å². The Hall–Kier alpha value is -1.01. The molecule has 102 valence electrons. The summed E-state index contributed by atoms with van der Waals surface area (Å²) in [6.07, 6.45) is 1.95. The molecule has 18 heavy (non-hydrogen) atoms. The zero-order valence-corrected chi connectivity index (χ0v) is 12.2. The molecule has 0 amide bonds. The van der Waals surface area contributed by atoms with Crippen LogP contribution in [-0.4, -0.2) is 40.5 Å². The maximum atomic E-state index is 9.33. The molecule has 0 bridgehead atoms. The van der Waals surface area contributed by atoms with E-state index in [2.05, 4.69) is 34.4 Å². The van der Waals surface area contributed by atoms with Crippen molar-refractivity contribution in [3.05, 3.63) is 6.07 Å². The van der Waals surface area contributed by atoms with Crippen molar-refractivity contribution in [1.82, 2.24) is 9.97 Å². The first-order valence-electron chi connectivity index (χ1n) is 6.15. The number of aromatic nitrogens is 2. The van der Waals surface area contributed by atoms with E-state index in [1.807, 2.05) is 19.2 Å². The van der Waals surface area contributed by atoms with Gasteiger partial charge in [0, 0.05) is 12.6 Å². The summed E-state index contributed by atoms with van der Waals surface area (Å²) < 4.78 is 0. The van der Waals surface area contributed by atoms with Crippen LogP contribution in [0, 0.1) is 5.92 Å². The molecule has 1 unspecified atom stereocenters. The maximum Gasteiger partial charge on any atom is 0.191 e. The normalized spacial score (nSPS) is 12.6. The van der Waals surface area contributed by atoms with Gasteiger partial charge in [-0.05, 0) is 19.1 Å². The van der Waals surface area contributed by atoms with Crippen molar-refractivity contribution in [3.8, 4) is 0 Å². The highest BCUT2D eigenvalue weighted by Gasteiger charge is 2.13. The van der Waals surface area contributed by atoms with E-state index in [9.17, 15) is 5.11 Å². The third-order valence-corrected chi connectivity index (χ3v) is 3.13. The molecule has 1 aromatic rings. The zero-order valence-electron chi connectivity index (χ0n) is 11.4. The highest BCUT2D eigenvalue weighted by molar-refractivity contribution is 7.98. The smallest absolute Gasteiger partial charge is 0.191 e. The largest absolute Gasteiger partial charge is 0.394 e. The van der Waals surface area contributed by atoms with E-state index in [0.717, 1.165) is 23.3 Å². The highest BCUT2D eigenvalue weighted by atomic mass is 32.2. The summed E-state index contributed by atoms with van der Waals surface area (Å²) in [5.74, 6) is 1.89. The molecule has 0 fully saturated rings. The van der Waals surface area contributed by atoms with E-state index in [1.165, 1.54) is 11.8 Å². The Balaban J connectivity index is 2.89. The van der Waals surface area contributed by atoms with E-state index >= 15 is 0 Å². The lowest BCUT2D eigenvalue weighted by molar-refractivity contribution is 0.249. The Morgan fingerprint density at radius 2 is 2.00 bits per heavy atom. The molecule has 0 saturated heterocycles. The van der Waals surface area contributed by atoms with Gasteiger partial charge in [-0.25, -0.2) is 9.97 Å². The Morgan fingerprint density at radius 1 is 1.33 bits per heavy atom. The summed E-state index contributed by atoms with van der Waals surface area (Å²) in [4.78, 5) is 8.75. The first kappa shape index (κ1) is 15.0. The second kappa shape index (κ2) is 7.43. The average molecular weight is 270 g/mol. The second-order valence-corrected chi connectivity index (χ2v) is 5.11. The van der Waals surface area contributed by atoms with Gasteiger partial charge in [0.05, 0.1) is 12.6 Å². The molecular weight excluding hydrogens is 248 g/mol. The first-order valence-corrected chi connectivity index (χ1v) is 7.37. The average Bonchev–Trinajstić information content (AvgIpc) is 2.35. The van der Waals surface area contributed by atoms with Crippen LogP contribution in [0.5, 0.6) is 0 Å². The van der Waals surface area contributed by atoms with Crippen LogP contribution in [0.25, 0.3) is 0 Å². The van der Waals surface area contributed by atoms with Gasteiger partial charge >= 0.3 is 0 Å². The second-order valence-electron chi connectivity index (χ2n) is 4.33. The summed E-state index contributed by atoms with van der Waals surface area (Å²) in [5, 5.41) is 16.5. The van der Waals surface area contributed by atoms with Crippen molar-refractivity contribution in [1.29, 1.82) is 0 Å². The molecule has 5 nitrogen and oxygen atoms in total. The Kier molecular flexibility index (Phi) is 6.21. The van der Waals surface area contributed by atoms with Gasteiger partial charge in [-0.15, -0.1) is 0 Å². The molecular formula is C12H22N4OS. The SMILES string of the molecule is CCNc1cc(NC(CO)C(C)C)nc(SC)n1. The molecule has 1 atom stereocenters. The molecule has 0 spiro atoms. The van der Waals surface area contributed by atoms with Crippen LogP contribution in [0.15, 0.2) is 11.2 Å². The topological polar surface area (TPSA) is 70.1 Å². The maximum absolute atomic E-state index is 9.33. The molecule has 0 radical (unpaired) electrons. The van der Waals surface area contributed by atoms with Crippen molar-refractivity contribution in [2.45, 2.75) is 32.0 Å². The molecule has 1 heterocycles. The lowest BCUT2D eigenvalue weighted by atomic mass is 10.1. The Labute approximate surface area is 113 Å². The fourth-order valence-corrected chi connectivity index (χ4v) is 1.85. The molecule has 0 saturated carbocycles. The van der Waals surface area contributed by atoms with Gasteiger partial charge in [-0.3, -0.25) is 0 Å². The quantitative estimate of drug-likeness (QED) is 0.520. The van der Waals surface area contributed by atoms with Gasteiger partial charge in [-0.2, -0.15) is 0 Å². The van der Waals surface area contributed by atoms with Crippen LogP contribution in [0.1, 0.15) is 20.8 Å². The number of aliphatic hydroxyl groups is 1. The van der Waals surface area contributed by atoms with Crippen molar-refractivity contribution >= 4 is 23.4 Å². The number of anilines is 2. The summed E-state index contributed by atoms with van der Waals surface area (Å²) in [6, 6.07) is 1.87. The van der Waals surface area contributed by atoms with Crippen LogP contribution < -0.4 is 10.6 Å². The number of hydrogen-bond acceptors (Lipinski definition) is 6. The molecule has 0 aliphatic heterocycles. The summed E-state index contributed by atoms with van der Waals surface area (Å²) in [5.41, 5.74) is 0. The zero-order chi connectivity index (χ0) is 13.5. The molecule has 0 aliphatic carbocycles. The lowest BCUT2D eigenvalue weighted by Gasteiger charge is -2.21. The van der Waals surface area contributed by atoms with Gasteiger partial charge in [-0.1, -0.05) is 25.6 Å². The van der Waals surface area contributed by atoms with Crippen LogP contribution in [0.2, 0.25) is 0 Å². The predicted molar refractivity (Wildman–Crippen MR) is 77.3 cm³/mol. The van der Waals surface area contributed by atoms with Gasteiger partial charge in [0.25, 0.3) is 0 Å². The lowest BCUT2D eigenvalue weighted by Crippen LogP contribution is -2.30. The third-order valence-electron chi connectivity index (χ3n) is 2.58. The van der Waals surface area contributed by atoms with Crippen LogP contribution in [0.3, 0.4) is 0 Å². The minimum Gasteiger partial charge on any atom is -0.394 e. The van der Waals surface area contributed by atoms with Gasteiger partial charge < -0.3 is 15.7 Å². The number of nitrogens with zero attached hydrogens (tertiary/aromatic N) is 2. The van der Waals surface area contributed by atoms with E-state index in [1.54, 1.807) is 0 Å². The van der Waals surface area contributed by atoms with E-state index < -0.39 is 0 Å². The monoisotopic (exact) mass is 270 g/mol. The van der Waals surface area contributed by atoms with E-state index in [-0.39, 0.29) is 12.6 Å². The van der Waals surface area contributed by atoms with Crippen LogP contribution in [0.4, 0.5) is 11.6 Å². The van der Waals surface area contributed by atoms with Crippen molar-refractivity contribution in [3.63, 3.8) is 0 Å². The van der Waals surface area contributed by atoms with Crippen LogP contribution in [-0.2, 0) is 0 Å². The van der Waals surface area contributed by atoms with Crippen molar-refractivity contribution < 1.29 is 5.11 Å². The van der Waals surface area contributed by atoms with E-state index in [0.29, 0.717) is 5.92 Å². The minimum absolute atomic E-state index is 0.00378. The summed E-state index contributed by atoms with van der Waals surface area (Å²) in [7, 11) is 0. The molecule has 0 aromatic carbocycles. The first-order chi connectivity index (χ1) is 8.60. The highest BCUT2D eigenvalue weighted by Crippen LogP contribution is 2.19. The summed E-state index contributed by atoms with van der Waals surface area (Å²) >= 11 is 1.50. The van der Waals surface area contributed by atoms with Crippen molar-refractivity contribution in [2.75, 3.05) is 30.0 Å². The van der Waals surface area contributed by atoms with Crippen LogP contribution >= 0.6 is 11.8 Å². The minimum atomic E-state index is 0.00378. The van der Waals surface area contributed by atoms with Gasteiger partial charge in [0.1, 0.15) is 11.6 Å². The number of nitrogens with one attached hydrogen (secondary N) is 2. The number of aliphatic hydroxyl groups excluding tert-OH is 1. The summed E-state index contributed by atoms with van der Waals surface area (Å²) in [6.45, 7) is 7.06. The predicted octanol–water partition coefficient (Wildman–Crippen LogP) is 2.06. The van der Waals surface area contributed by atoms with Gasteiger partial charge in [0.2, 0.25) is 0 Å². The molecule has 6 heteroatoms.